The number of benzene rings is 1. The molecule has 0 amide bonds. The van der Waals surface area contributed by atoms with Gasteiger partial charge in [0.05, 0.1) is 0 Å². The van der Waals surface area contributed by atoms with E-state index >= 15 is 0 Å². The van der Waals surface area contributed by atoms with E-state index in [9.17, 15) is 4.79 Å². The van der Waals surface area contributed by atoms with Crippen molar-refractivity contribution < 1.29 is 9.53 Å². The molecule has 2 unspecified atom stereocenters. The van der Waals surface area contributed by atoms with Gasteiger partial charge in [0.15, 0.2) is 0 Å². The minimum atomic E-state index is -0.196. The molecule has 0 aliphatic carbocycles. The van der Waals surface area contributed by atoms with Crippen molar-refractivity contribution in [3.63, 3.8) is 0 Å². The Morgan fingerprint density at radius 3 is 2.80 bits per heavy atom. The second-order valence-electron chi connectivity index (χ2n) is 5.52. The number of hydrogen-bond acceptors (Lipinski definition) is 4. The zero-order chi connectivity index (χ0) is 14.4. The Morgan fingerprint density at radius 1 is 1.40 bits per heavy atom. The lowest BCUT2D eigenvalue weighted by Gasteiger charge is -2.37. The molecule has 20 heavy (non-hydrogen) atoms. The number of likely N-dealkylation sites (tertiary alicyclic amines) is 1. The SMILES string of the molecule is CC(=O)OCCN1CCC(Nc2ccccc2)C(C)C1. The molecule has 4 heteroatoms. The molecule has 1 fully saturated rings. The van der Waals surface area contributed by atoms with Gasteiger partial charge < -0.3 is 10.1 Å². The number of ether oxygens (including phenoxy) is 1. The molecule has 0 spiro atoms. The van der Waals surface area contributed by atoms with Crippen molar-refractivity contribution in [3.05, 3.63) is 30.3 Å². The van der Waals surface area contributed by atoms with Crippen LogP contribution in [-0.2, 0) is 9.53 Å². The van der Waals surface area contributed by atoms with Crippen LogP contribution in [0.4, 0.5) is 5.69 Å². The summed E-state index contributed by atoms with van der Waals surface area (Å²) in [6.45, 7) is 7.17. The number of hydrogen-bond donors (Lipinski definition) is 1. The van der Waals surface area contributed by atoms with E-state index in [1.54, 1.807) is 0 Å². The predicted molar refractivity (Wildman–Crippen MR) is 80.7 cm³/mol. The molecule has 0 aromatic heterocycles. The van der Waals surface area contributed by atoms with Crippen LogP contribution in [0.5, 0.6) is 0 Å². The third-order valence-corrected chi connectivity index (χ3v) is 3.83. The van der Waals surface area contributed by atoms with Crippen LogP contribution in [0.2, 0.25) is 0 Å². The highest BCUT2D eigenvalue weighted by atomic mass is 16.5. The molecular formula is C16H24N2O2. The molecule has 2 rings (SSSR count). The molecule has 0 saturated carbocycles. The third kappa shape index (κ3) is 4.53. The number of nitrogens with zero attached hydrogens (tertiary/aromatic N) is 1. The van der Waals surface area contributed by atoms with Gasteiger partial charge in [0.1, 0.15) is 6.61 Å². The van der Waals surface area contributed by atoms with Crippen molar-refractivity contribution in [1.29, 1.82) is 0 Å². The van der Waals surface area contributed by atoms with Crippen LogP contribution in [-0.4, -0.2) is 43.2 Å². The van der Waals surface area contributed by atoms with Crippen LogP contribution in [0.25, 0.3) is 0 Å². The fourth-order valence-corrected chi connectivity index (χ4v) is 2.72. The first-order valence-corrected chi connectivity index (χ1v) is 7.32. The largest absolute Gasteiger partial charge is 0.465 e. The summed E-state index contributed by atoms with van der Waals surface area (Å²) in [5, 5.41) is 3.61. The van der Waals surface area contributed by atoms with Crippen molar-refractivity contribution in [1.82, 2.24) is 4.90 Å². The van der Waals surface area contributed by atoms with Gasteiger partial charge in [-0.25, -0.2) is 0 Å². The predicted octanol–water partition coefficient (Wildman–Crippen LogP) is 2.37. The summed E-state index contributed by atoms with van der Waals surface area (Å²) in [5.74, 6) is 0.389. The van der Waals surface area contributed by atoms with Gasteiger partial charge in [-0.05, 0) is 24.5 Å². The van der Waals surface area contributed by atoms with E-state index in [0.29, 0.717) is 18.6 Å². The Bertz CT molecular complexity index is 422. The topological polar surface area (TPSA) is 41.6 Å². The van der Waals surface area contributed by atoms with Crippen molar-refractivity contribution in [2.45, 2.75) is 26.3 Å². The zero-order valence-corrected chi connectivity index (χ0v) is 12.3. The van der Waals surface area contributed by atoms with E-state index in [-0.39, 0.29) is 5.97 Å². The normalized spacial score (nSPS) is 23.3. The van der Waals surface area contributed by atoms with Gasteiger partial charge in [-0.3, -0.25) is 9.69 Å². The van der Waals surface area contributed by atoms with Crippen LogP contribution in [0.3, 0.4) is 0 Å². The van der Waals surface area contributed by atoms with Gasteiger partial charge in [0.2, 0.25) is 0 Å². The number of anilines is 1. The van der Waals surface area contributed by atoms with Gasteiger partial charge in [-0.1, -0.05) is 25.1 Å². The van der Waals surface area contributed by atoms with Crippen molar-refractivity contribution in [2.75, 3.05) is 31.6 Å². The van der Waals surface area contributed by atoms with E-state index in [1.165, 1.54) is 12.6 Å². The fraction of sp³-hybridized carbons (Fsp3) is 0.562. The highest BCUT2D eigenvalue weighted by molar-refractivity contribution is 5.65. The van der Waals surface area contributed by atoms with Gasteiger partial charge in [-0.2, -0.15) is 0 Å². The number of para-hydroxylation sites is 1. The Labute approximate surface area is 121 Å². The van der Waals surface area contributed by atoms with Gasteiger partial charge in [-0.15, -0.1) is 0 Å². The van der Waals surface area contributed by atoms with E-state index in [4.69, 9.17) is 4.74 Å². The van der Waals surface area contributed by atoms with Crippen LogP contribution in [0.1, 0.15) is 20.3 Å². The maximum atomic E-state index is 10.8. The molecule has 1 aromatic carbocycles. The van der Waals surface area contributed by atoms with Crippen molar-refractivity contribution in [3.8, 4) is 0 Å². The number of nitrogens with one attached hydrogen (secondary N) is 1. The molecule has 0 radical (unpaired) electrons. The van der Waals surface area contributed by atoms with Gasteiger partial charge >= 0.3 is 5.97 Å². The first-order valence-electron chi connectivity index (χ1n) is 7.32. The number of carbonyl (C=O) groups is 1. The summed E-state index contributed by atoms with van der Waals surface area (Å²) < 4.78 is 5.01. The first kappa shape index (κ1) is 14.9. The summed E-state index contributed by atoms with van der Waals surface area (Å²) in [7, 11) is 0. The second-order valence-corrected chi connectivity index (χ2v) is 5.52. The fourth-order valence-electron chi connectivity index (χ4n) is 2.72. The average molecular weight is 276 g/mol. The minimum Gasteiger partial charge on any atom is -0.465 e. The first-order chi connectivity index (χ1) is 9.65. The summed E-state index contributed by atoms with van der Waals surface area (Å²) in [6, 6.07) is 10.9. The Morgan fingerprint density at radius 2 is 2.15 bits per heavy atom. The molecule has 2 atom stereocenters. The molecule has 110 valence electrons. The van der Waals surface area contributed by atoms with E-state index in [2.05, 4.69) is 41.4 Å². The van der Waals surface area contributed by atoms with Crippen LogP contribution >= 0.6 is 0 Å². The monoisotopic (exact) mass is 276 g/mol. The van der Waals surface area contributed by atoms with Crippen LogP contribution in [0.15, 0.2) is 30.3 Å². The van der Waals surface area contributed by atoms with E-state index < -0.39 is 0 Å². The molecule has 1 saturated heterocycles. The Balaban J connectivity index is 1.76. The molecule has 1 aliphatic rings. The van der Waals surface area contributed by atoms with Gasteiger partial charge in [0, 0.05) is 38.3 Å². The lowest BCUT2D eigenvalue weighted by atomic mass is 9.93. The van der Waals surface area contributed by atoms with Gasteiger partial charge in [0.25, 0.3) is 0 Å². The smallest absolute Gasteiger partial charge is 0.302 e. The summed E-state index contributed by atoms with van der Waals surface area (Å²) in [4.78, 5) is 13.1. The molecular weight excluding hydrogens is 252 g/mol. The maximum absolute atomic E-state index is 10.8. The lowest BCUT2D eigenvalue weighted by Crippen LogP contribution is -2.46. The number of rotatable bonds is 5. The molecule has 1 aromatic rings. The lowest BCUT2D eigenvalue weighted by molar-refractivity contribution is -0.141. The highest BCUT2D eigenvalue weighted by Crippen LogP contribution is 2.20. The minimum absolute atomic E-state index is 0.196. The number of esters is 1. The van der Waals surface area contributed by atoms with Crippen LogP contribution in [0, 0.1) is 5.92 Å². The molecule has 4 nitrogen and oxygen atoms in total. The summed E-state index contributed by atoms with van der Waals surface area (Å²) in [6.07, 6.45) is 1.12. The Kier molecular flexibility index (Phi) is 5.41. The zero-order valence-electron chi connectivity index (χ0n) is 12.3. The van der Waals surface area contributed by atoms with E-state index in [1.807, 2.05) is 6.07 Å². The molecule has 1 aliphatic heterocycles. The third-order valence-electron chi connectivity index (χ3n) is 3.83. The Hall–Kier alpha value is -1.55. The quantitative estimate of drug-likeness (QED) is 0.838. The molecule has 1 N–H and O–H groups in total. The number of carbonyl (C=O) groups excluding carboxylic acids is 1. The second kappa shape index (κ2) is 7.29. The standard InChI is InChI=1S/C16H24N2O2/c1-13-12-18(10-11-20-14(2)19)9-8-16(13)17-15-6-4-3-5-7-15/h3-7,13,16-17H,8-12H2,1-2H3. The number of piperidine rings is 1. The van der Waals surface area contributed by atoms with Crippen molar-refractivity contribution >= 4 is 11.7 Å². The van der Waals surface area contributed by atoms with Crippen molar-refractivity contribution in [2.24, 2.45) is 5.92 Å². The summed E-state index contributed by atoms with van der Waals surface area (Å²) in [5.41, 5.74) is 1.19. The molecule has 1 heterocycles. The highest BCUT2D eigenvalue weighted by Gasteiger charge is 2.25. The maximum Gasteiger partial charge on any atom is 0.302 e. The average Bonchev–Trinajstić information content (AvgIpc) is 2.42. The van der Waals surface area contributed by atoms with Crippen LogP contribution < -0.4 is 5.32 Å². The molecule has 0 bridgehead atoms. The van der Waals surface area contributed by atoms with E-state index in [0.717, 1.165) is 26.1 Å². The summed E-state index contributed by atoms with van der Waals surface area (Å²) >= 11 is 0.